The van der Waals surface area contributed by atoms with Gasteiger partial charge >= 0.3 is 0 Å². The Kier molecular flexibility index (Phi) is 5.52. The van der Waals surface area contributed by atoms with Gasteiger partial charge < -0.3 is 9.47 Å². The summed E-state index contributed by atoms with van der Waals surface area (Å²) >= 11 is 0. The molecule has 0 amide bonds. The molecular weight excluding hydrogens is 360 g/mol. The van der Waals surface area contributed by atoms with Gasteiger partial charge in [0.05, 0.1) is 31.3 Å². The second-order valence-electron chi connectivity index (χ2n) is 6.68. The average Bonchev–Trinajstić information content (AvgIpc) is 2.80. The normalized spacial score (nSPS) is 10.6. The molecule has 1 aromatic heterocycles. The predicted octanol–water partition coefficient (Wildman–Crippen LogP) is 5.42. The van der Waals surface area contributed by atoms with Gasteiger partial charge in [0, 0.05) is 23.7 Å². The highest BCUT2D eigenvalue weighted by Gasteiger charge is 2.13. The minimum atomic E-state index is 0.736. The topological polar surface area (TPSA) is 44.2 Å². The summed E-state index contributed by atoms with van der Waals surface area (Å²) in [6.45, 7) is 0. The molecule has 0 radical (unpaired) electrons. The first-order valence-corrected chi connectivity index (χ1v) is 9.45. The molecule has 4 aromatic rings. The van der Waals surface area contributed by atoms with Crippen LogP contribution in [0, 0.1) is 0 Å². The van der Waals surface area contributed by atoms with Gasteiger partial charge in [0.1, 0.15) is 11.5 Å². The summed E-state index contributed by atoms with van der Waals surface area (Å²) < 4.78 is 10.6. The molecule has 3 aromatic carbocycles. The van der Waals surface area contributed by atoms with Crippen LogP contribution in [-0.2, 0) is 6.42 Å². The molecule has 29 heavy (non-hydrogen) atoms. The number of ether oxygens (including phenoxy) is 2. The van der Waals surface area contributed by atoms with Gasteiger partial charge in [-0.2, -0.15) is 0 Å². The molecule has 1 heterocycles. The number of rotatable bonds is 6. The molecule has 0 fully saturated rings. The summed E-state index contributed by atoms with van der Waals surface area (Å²) in [6, 6.07) is 26.1. The quantitative estimate of drug-likeness (QED) is 0.447. The van der Waals surface area contributed by atoms with E-state index in [0.29, 0.717) is 0 Å². The zero-order valence-corrected chi connectivity index (χ0v) is 16.5. The number of methoxy groups -OCH3 is 2. The first kappa shape index (κ1) is 18.7. The van der Waals surface area contributed by atoms with Crippen molar-refractivity contribution in [3.05, 3.63) is 96.3 Å². The van der Waals surface area contributed by atoms with Gasteiger partial charge in [-0.3, -0.25) is 4.98 Å². The van der Waals surface area contributed by atoms with Crippen LogP contribution < -0.4 is 9.47 Å². The van der Waals surface area contributed by atoms with Crippen LogP contribution in [0.4, 0.5) is 0 Å². The van der Waals surface area contributed by atoms with E-state index in [2.05, 4.69) is 12.1 Å². The lowest BCUT2D eigenvalue weighted by Gasteiger charge is -2.12. The van der Waals surface area contributed by atoms with Gasteiger partial charge in [-0.25, -0.2) is 4.98 Å². The van der Waals surface area contributed by atoms with Gasteiger partial charge in [0.15, 0.2) is 0 Å². The summed E-state index contributed by atoms with van der Waals surface area (Å²) in [4.78, 5) is 9.76. The van der Waals surface area contributed by atoms with E-state index in [4.69, 9.17) is 19.4 Å². The first-order chi connectivity index (χ1) is 14.3. The molecule has 0 bridgehead atoms. The van der Waals surface area contributed by atoms with Crippen molar-refractivity contribution in [2.75, 3.05) is 14.2 Å². The van der Waals surface area contributed by atoms with Crippen molar-refractivity contribution in [3.63, 3.8) is 0 Å². The van der Waals surface area contributed by atoms with Crippen molar-refractivity contribution < 1.29 is 9.47 Å². The lowest BCUT2D eigenvalue weighted by Crippen LogP contribution is -2.00. The lowest BCUT2D eigenvalue weighted by atomic mass is 10.0. The van der Waals surface area contributed by atoms with Crippen molar-refractivity contribution >= 4 is 0 Å². The molecule has 4 rings (SSSR count). The van der Waals surface area contributed by atoms with Gasteiger partial charge in [-0.1, -0.05) is 30.3 Å². The van der Waals surface area contributed by atoms with Gasteiger partial charge in [0.25, 0.3) is 0 Å². The van der Waals surface area contributed by atoms with Crippen molar-refractivity contribution in [1.29, 1.82) is 0 Å². The van der Waals surface area contributed by atoms with Crippen molar-refractivity contribution in [3.8, 4) is 34.0 Å². The van der Waals surface area contributed by atoms with Crippen molar-refractivity contribution in [2.24, 2.45) is 0 Å². The fraction of sp³-hybridized carbons (Fsp3) is 0.120. The zero-order chi connectivity index (χ0) is 20.1. The van der Waals surface area contributed by atoms with E-state index >= 15 is 0 Å². The van der Waals surface area contributed by atoms with E-state index in [1.807, 2.05) is 72.9 Å². The van der Waals surface area contributed by atoms with Crippen molar-refractivity contribution in [2.45, 2.75) is 6.42 Å². The lowest BCUT2D eigenvalue weighted by molar-refractivity contribution is 0.414. The Morgan fingerprint density at radius 1 is 0.655 bits per heavy atom. The number of nitrogens with zero attached hydrogens (tertiary/aromatic N) is 2. The Bertz CT molecular complexity index is 1080. The monoisotopic (exact) mass is 382 g/mol. The van der Waals surface area contributed by atoms with E-state index in [1.165, 1.54) is 5.56 Å². The minimum Gasteiger partial charge on any atom is -0.497 e. The maximum absolute atomic E-state index is 5.30. The number of benzene rings is 3. The second kappa shape index (κ2) is 8.57. The van der Waals surface area contributed by atoms with Crippen LogP contribution in [0.15, 0.2) is 85.1 Å². The maximum atomic E-state index is 5.30. The fourth-order valence-electron chi connectivity index (χ4n) is 3.23. The summed E-state index contributed by atoms with van der Waals surface area (Å²) in [5.74, 6) is 1.63. The van der Waals surface area contributed by atoms with E-state index in [0.717, 1.165) is 46.1 Å². The SMILES string of the molecule is COc1ccc(-c2ncc(Cc3ccccc3)nc2-c2ccc(OC)cc2)cc1. The Morgan fingerprint density at radius 3 is 1.76 bits per heavy atom. The zero-order valence-electron chi connectivity index (χ0n) is 16.5. The Balaban J connectivity index is 1.78. The van der Waals surface area contributed by atoms with Gasteiger partial charge in [-0.05, 0) is 54.1 Å². The van der Waals surface area contributed by atoms with Gasteiger partial charge in [-0.15, -0.1) is 0 Å². The molecule has 0 saturated carbocycles. The Hall–Kier alpha value is -3.66. The number of hydrogen-bond acceptors (Lipinski definition) is 4. The fourth-order valence-corrected chi connectivity index (χ4v) is 3.23. The molecule has 4 heteroatoms. The third-order valence-corrected chi connectivity index (χ3v) is 4.78. The van der Waals surface area contributed by atoms with E-state index in [9.17, 15) is 0 Å². The van der Waals surface area contributed by atoms with Crippen LogP contribution in [0.5, 0.6) is 11.5 Å². The Labute approximate surface area is 170 Å². The third kappa shape index (κ3) is 4.27. The minimum absolute atomic E-state index is 0.736. The number of aromatic nitrogens is 2. The summed E-state index contributed by atoms with van der Waals surface area (Å²) in [6.07, 6.45) is 2.60. The number of hydrogen-bond donors (Lipinski definition) is 0. The summed E-state index contributed by atoms with van der Waals surface area (Å²) in [5.41, 5.74) is 5.83. The molecule has 4 nitrogen and oxygen atoms in total. The van der Waals surface area contributed by atoms with E-state index in [-0.39, 0.29) is 0 Å². The second-order valence-corrected chi connectivity index (χ2v) is 6.68. The molecule has 144 valence electrons. The van der Waals surface area contributed by atoms with Crippen molar-refractivity contribution in [1.82, 2.24) is 9.97 Å². The van der Waals surface area contributed by atoms with Crippen LogP contribution in [0.3, 0.4) is 0 Å². The largest absolute Gasteiger partial charge is 0.497 e. The molecule has 0 aliphatic carbocycles. The molecule has 0 aliphatic rings. The van der Waals surface area contributed by atoms with E-state index in [1.54, 1.807) is 14.2 Å². The standard InChI is InChI=1S/C25H22N2O2/c1-28-22-12-8-19(9-13-22)24-25(20-10-14-23(29-2)15-11-20)27-21(17-26-24)16-18-6-4-3-5-7-18/h3-15,17H,16H2,1-2H3. The van der Waals surface area contributed by atoms with Crippen LogP contribution in [0.25, 0.3) is 22.5 Å². The molecule has 0 atom stereocenters. The van der Waals surface area contributed by atoms with Crippen LogP contribution in [0.1, 0.15) is 11.3 Å². The molecular formula is C25H22N2O2. The average molecular weight is 382 g/mol. The molecule has 0 unspecified atom stereocenters. The molecule has 0 aliphatic heterocycles. The summed E-state index contributed by atoms with van der Waals surface area (Å²) in [7, 11) is 3.33. The maximum Gasteiger partial charge on any atom is 0.118 e. The highest BCUT2D eigenvalue weighted by Crippen LogP contribution is 2.31. The van der Waals surface area contributed by atoms with Crippen LogP contribution in [-0.4, -0.2) is 24.2 Å². The predicted molar refractivity (Wildman–Crippen MR) is 115 cm³/mol. The highest BCUT2D eigenvalue weighted by atomic mass is 16.5. The van der Waals surface area contributed by atoms with E-state index < -0.39 is 0 Å². The van der Waals surface area contributed by atoms with Crippen LogP contribution in [0.2, 0.25) is 0 Å². The molecule has 0 spiro atoms. The van der Waals surface area contributed by atoms with Crippen LogP contribution >= 0.6 is 0 Å². The summed E-state index contributed by atoms with van der Waals surface area (Å²) in [5, 5.41) is 0. The molecule has 0 N–H and O–H groups in total. The van der Waals surface area contributed by atoms with Gasteiger partial charge in [0.2, 0.25) is 0 Å². The highest BCUT2D eigenvalue weighted by molar-refractivity contribution is 5.78. The Morgan fingerprint density at radius 2 is 1.21 bits per heavy atom. The smallest absolute Gasteiger partial charge is 0.118 e. The first-order valence-electron chi connectivity index (χ1n) is 9.45. The third-order valence-electron chi connectivity index (χ3n) is 4.78. The molecule has 0 saturated heterocycles.